The number of benzene rings is 1. The van der Waals surface area contributed by atoms with E-state index in [2.05, 4.69) is 4.74 Å². The van der Waals surface area contributed by atoms with Gasteiger partial charge in [0, 0.05) is 6.42 Å². The summed E-state index contributed by atoms with van der Waals surface area (Å²) in [5.74, 6) is -1.24. The molecule has 19 heavy (non-hydrogen) atoms. The summed E-state index contributed by atoms with van der Waals surface area (Å²) in [6.07, 6.45) is 0.0778. The van der Waals surface area contributed by atoms with Crippen molar-refractivity contribution in [1.29, 1.82) is 0 Å². The molecular formula is C14H11FO4. The average Bonchev–Trinajstić information content (AvgIpc) is 2.90. The van der Waals surface area contributed by atoms with Crippen LogP contribution in [-0.2, 0) is 11.2 Å². The molecule has 2 rings (SSSR count). The fourth-order valence-electron chi connectivity index (χ4n) is 1.57. The van der Waals surface area contributed by atoms with E-state index in [0.717, 1.165) is 0 Å². The molecule has 5 heteroatoms. The van der Waals surface area contributed by atoms with E-state index in [4.69, 9.17) is 4.42 Å². The van der Waals surface area contributed by atoms with Crippen molar-refractivity contribution < 1.29 is 23.1 Å². The summed E-state index contributed by atoms with van der Waals surface area (Å²) in [6.45, 7) is 0. The molecule has 0 N–H and O–H groups in total. The summed E-state index contributed by atoms with van der Waals surface area (Å²) in [5, 5.41) is 0. The van der Waals surface area contributed by atoms with Crippen LogP contribution in [0.1, 0.15) is 26.7 Å². The minimum atomic E-state index is -0.638. The zero-order valence-corrected chi connectivity index (χ0v) is 10.2. The Labute approximate surface area is 108 Å². The molecule has 0 aliphatic rings. The van der Waals surface area contributed by atoms with E-state index < -0.39 is 5.97 Å². The van der Waals surface area contributed by atoms with Gasteiger partial charge >= 0.3 is 5.97 Å². The highest BCUT2D eigenvalue weighted by Crippen LogP contribution is 2.13. The van der Waals surface area contributed by atoms with Gasteiger partial charge in [0.25, 0.3) is 0 Å². The van der Waals surface area contributed by atoms with Crippen molar-refractivity contribution in [2.75, 3.05) is 7.11 Å². The van der Waals surface area contributed by atoms with Crippen LogP contribution in [0.4, 0.5) is 4.39 Å². The van der Waals surface area contributed by atoms with Gasteiger partial charge in [0.1, 0.15) is 5.82 Å². The van der Waals surface area contributed by atoms with Crippen LogP contribution in [0.2, 0.25) is 0 Å². The van der Waals surface area contributed by atoms with Crippen LogP contribution in [0.25, 0.3) is 0 Å². The minimum absolute atomic E-state index is 0.0232. The lowest BCUT2D eigenvalue weighted by atomic mass is 10.1. The number of ether oxygens (including phenoxy) is 1. The Bertz CT molecular complexity index is 598. The molecular weight excluding hydrogens is 251 g/mol. The number of ketones is 1. The molecule has 1 heterocycles. The molecule has 0 bridgehead atoms. The van der Waals surface area contributed by atoms with Gasteiger partial charge in [0.15, 0.2) is 5.76 Å². The first-order chi connectivity index (χ1) is 9.10. The van der Waals surface area contributed by atoms with E-state index in [1.54, 1.807) is 0 Å². The number of hydrogen-bond acceptors (Lipinski definition) is 4. The molecule has 0 saturated heterocycles. The molecule has 1 aromatic carbocycles. The molecule has 0 aliphatic heterocycles. The largest absolute Gasteiger partial charge is 0.463 e. The normalized spacial score (nSPS) is 10.2. The molecule has 0 atom stereocenters. The average molecular weight is 262 g/mol. The van der Waals surface area contributed by atoms with Gasteiger partial charge in [0.2, 0.25) is 11.5 Å². The highest BCUT2D eigenvalue weighted by atomic mass is 19.1. The number of carbonyl (C=O) groups is 2. The maximum absolute atomic E-state index is 12.7. The van der Waals surface area contributed by atoms with Crippen LogP contribution in [0.15, 0.2) is 40.8 Å². The number of esters is 1. The zero-order chi connectivity index (χ0) is 13.8. The second-order valence-electron chi connectivity index (χ2n) is 3.88. The van der Waals surface area contributed by atoms with Crippen LogP contribution in [0, 0.1) is 5.82 Å². The van der Waals surface area contributed by atoms with Crippen molar-refractivity contribution >= 4 is 11.8 Å². The standard InChI is InChI=1S/C14H11FO4/c1-18-14(17)13-7-6-12(19-13)11(16)8-9-2-4-10(15)5-3-9/h2-7H,8H2,1H3. The van der Waals surface area contributed by atoms with Gasteiger partial charge in [-0.1, -0.05) is 12.1 Å². The SMILES string of the molecule is COC(=O)c1ccc(C(=O)Cc2ccc(F)cc2)o1. The van der Waals surface area contributed by atoms with Gasteiger partial charge < -0.3 is 9.15 Å². The van der Waals surface area contributed by atoms with Gasteiger partial charge in [-0.2, -0.15) is 0 Å². The fraction of sp³-hybridized carbons (Fsp3) is 0.143. The number of hydrogen-bond donors (Lipinski definition) is 0. The first-order valence-corrected chi connectivity index (χ1v) is 5.56. The molecule has 0 aliphatic carbocycles. The fourth-order valence-corrected chi connectivity index (χ4v) is 1.57. The lowest BCUT2D eigenvalue weighted by Gasteiger charge is -1.99. The van der Waals surface area contributed by atoms with Crippen LogP contribution >= 0.6 is 0 Å². The number of methoxy groups -OCH3 is 1. The molecule has 98 valence electrons. The van der Waals surface area contributed by atoms with Crippen molar-refractivity contribution in [3.63, 3.8) is 0 Å². The summed E-state index contributed by atoms with van der Waals surface area (Å²) in [5.41, 5.74) is 0.669. The third-order valence-corrected chi connectivity index (χ3v) is 2.55. The Morgan fingerprint density at radius 2 is 1.74 bits per heavy atom. The molecule has 0 radical (unpaired) electrons. The summed E-state index contributed by atoms with van der Waals surface area (Å²) in [6, 6.07) is 8.41. The molecule has 0 saturated carbocycles. The molecule has 0 unspecified atom stereocenters. The minimum Gasteiger partial charge on any atom is -0.463 e. The van der Waals surface area contributed by atoms with Crippen molar-refractivity contribution in [2.45, 2.75) is 6.42 Å². The smallest absolute Gasteiger partial charge is 0.373 e. The van der Waals surface area contributed by atoms with Gasteiger partial charge in [-0.3, -0.25) is 4.79 Å². The predicted molar refractivity (Wildman–Crippen MR) is 64.5 cm³/mol. The molecule has 0 spiro atoms. The predicted octanol–water partition coefficient (Wildman–Crippen LogP) is 2.63. The van der Waals surface area contributed by atoms with Crippen molar-refractivity contribution in [3.8, 4) is 0 Å². The van der Waals surface area contributed by atoms with E-state index in [1.807, 2.05) is 0 Å². The molecule has 4 nitrogen and oxygen atoms in total. The lowest BCUT2D eigenvalue weighted by Crippen LogP contribution is -2.03. The van der Waals surface area contributed by atoms with Crippen molar-refractivity contribution in [3.05, 3.63) is 59.3 Å². The quantitative estimate of drug-likeness (QED) is 0.627. The Balaban J connectivity index is 2.09. The van der Waals surface area contributed by atoms with Crippen LogP contribution in [-0.4, -0.2) is 18.9 Å². The number of rotatable bonds is 4. The molecule has 2 aromatic rings. The molecule has 1 aromatic heterocycles. The van der Waals surface area contributed by atoms with Gasteiger partial charge in [-0.15, -0.1) is 0 Å². The van der Waals surface area contributed by atoms with Gasteiger partial charge in [-0.05, 0) is 29.8 Å². The van der Waals surface area contributed by atoms with Crippen LogP contribution < -0.4 is 0 Å². The second-order valence-corrected chi connectivity index (χ2v) is 3.88. The first-order valence-electron chi connectivity index (χ1n) is 5.56. The summed E-state index contributed by atoms with van der Waals surface area (Å²) < 4.78 is 22.3. The van der Waals surface area contributed by atoms with Crippen LogP contribution in [0.5, 0.6) is 0 Å². The number of halogens is 1. The Morgan fingerprint density at radius 1 is 1.11 bits per heavy atom. The lowest BCUT2D eigenvalue weighted by molar-refractivity contribution is 0.0563. The first kappa shape index (κ1) is 13.0. The molecule has 0 fully saturated rings. The van der Waals surface area contributed by atoms with Crippen LogP contribution in [0.3, 0.4) is 0 Å². The number of carbonyl (C=O) groups excluding carboxylic acids is 2. The Hall–Kier alpha value is -2.43. The maximum atomic E-state index is 12.7. The zero-order valence-electron chi connectivity index (χ0n) is 10.2. The van der Waals surface area contributed by atoms with Gasteiger partial charge in [0.05, 0.1) is 7.11 Å². The Kier molecular flexibility index (Phi) is 3.75. The van der Waals surface area contributed by atoms with E-state index in [9.17, 15) is 14.0 Å². The van der Waals surface area contributed by atoms with E-state index in [-0.39, 0.29) is 29.5 Å². The monoisotopic (exact) mass is 262 g/mol. The van der Waals surface area contributed by atoms with E-state index >= 15 is 0 Å². The van der Waals surface area contributed by atoms with Gasteiger partial charge in [-0.25, -0.2) is 9.18 Å². The topological polar surface area (TPSA) is 56.5 Å². The maximum Gasteiger partial charge on any atom is 0.373 e. The van der Waals surface area contributed by atoms with E-state index in [0.29, 0.717) is 5.56 Å². The summed E-state index contributed by atoms with van der Waals surface area (Å²) in [7, 11) is 1.23. The van der Waals surface area contributed by atoms with E-state index in [1.165, 1.54) is 43.5 Å². The highest BCUT2D eigenvalue weighted by Gasteiger charge is 2.16. The third-order valence-electron chi connectivity index (χ3n) is 2.55. The summed E-state index contributed by atoms with van der Waals surface area (Å²) >= 11 is 0. The summed E-state index contributed by atoms with van der Waals surface area (Å²) in [4.78, 5) is 23.1. The molecule has 0 amide bonds. The van der Waals surface area contributed by atoms with Crippen molar-refractivity contribution in [1.82, 2.24) is 0 Å². The highest BCUT2D eigenvalue weighted by molar-refractivity contribution is 5.96. The number of Topliss-reactive ketones (excluding diaryl/α,β-unsaturated/α-hetero) is 1. The second kappa shape index (κ2) is 5.48. The van der Waals surface area contributed by atoms with Crippen molar-refractivity contribution in [2.24, 2.45) is 0 Å². The Morgan fingerprint density at radius 3 is 2.37 bits per heavy atom. The number of furan rings is 1. The third kappa shape index (κ3) is 3.07.